The highest BCUT2D eigenvalue weighted by Gasteiger charge is 2.24. The molecule has 0 radical (unpaired) electrons. The fourth-order valence-corrected chi connectivity index (χ4v) is 2.05. The summed E-state index contributed by atoms with van der Waals surface area (Å²) >= 11 is 0. The molecule has 1 aliphatic rings. The molecular formula is C12H17N3O. The summed E-state index contributed by atoms with van der Waals surface area (Å²) in [6.07, 6.45) is 5.19. The number of nitrogens with one attached hydrogen (secondary N) is 2. The van der Waals surface area contributed by atoms with Gasteiger partial charge in [0, 0.05) is 18.2 Å². The largest absolute Gasteiger partial charge is 0.324 e. The van der Waals surface area contributed by atoms with Gasteiger partial charge in [0.25, 0.3) is 0 Å². The Kier molecular flexibility index (Phi) is 3.51. The maximum Gasteiger partial charge on any atom is 0.227 e. The van der Waals surface area contributed by atoms with Gasteiger partial charge in [-0.3, -0.25) is 9.78 Å². The van der Waals surface area contributed by atoms with Gasteiger partial charge < -0.3 is 10.6 Å². The molecule has 0 bridgehead atoms. The van der Waals surface area contributed by atoms with E-state index in [-0.39, 0.29) is 11.8 Å². The van der Waals surface area contributed by atoms with Crippen molar-refractivity contribution in [2.24, 2.45) is 5.92 Å². The van der Waals surface area contributed by atoms with E-state index >= 15 is 0 Å². The number of nitrogens with zero attached hydrogens (tertiary/aromatic N) is 1. The molecule has 1 aromatic rings. The minimum absolute atomic E-state index is 0.112. The fourth-order valence-electron chi connectivity index (χ4n) is 2.05. The molecule has 0 unspecified atom stereocenters. The molecule has 0 saturated carbocycles. The molecule has 4 heteroatoms. The van der Waals surface area contributed by atoms with Gasteiger partial charge in [-0.15, -0.1) is 0 Å². The standard InChI is InChI=1S/C12H17N3O/c1-9-7-10(4-6-14-9)12(16)15-11-3-2-5-13-8-11/h2-3,5,8-10,14H,4,6-7H2,1H3,(H,15,16)/t9-,10-/m0/s1. The highest BCUT2D eigenvalue weighted by molar-refractivity contribution is 5.92. The Hall–Kier alpha value is -1.42. The zero-order valence-electron chi connectivity index (χ0n) is 9.44. The van der Waals surface area contributed by atoms with E-state index in [1.165, 1.54) is 0 Å². The molecule has 0 aliphatic carbocycles. The third-order valence-corrected chi connectivity index (χ3v) is 2.92. The van der Waals surface area contributed by atoms with E-state index in [2.05, 4.69) is 22.5 Å². The number of aromatic nitrogens is 1. The second-order valence-corrected chi connectivity index (χ2v) is 4.31. The molecule has 1 aromatic heterocycles. The van der Waals surface area contributed by atoms with Gasteiger partial charge in [0.2, 0.25) is 5.91 Å². The van der Waals surface area contributed by atoms with Gasteiger partial charge in [-0.1, -0.05) is 0 Å². The lowest BCUT2D eigenvalue weighted by atomic mass is 9.92. The van der Waals surface area contributed by atoms with Crippen molar-refractivity contribution in [3.8, 4) is 0 Å². The van der Waals surface area contributed by atoms with Crippen LogP contribution in [-0.4, -0.2) is 23.5 Å². The minimum atomic E-state index is 0.112. The third kappa shape index (κ3) is 2.79. The van der Waals surface area contributed by atoms with E-state index in [4.69, 9.17) is 0 Å². The lowest BCUT2D eigenvalue weighted by Crippen LogP contribution is -2.40. The van der Waals surface area contributed by atoms with Crippen LogP contribution in [0.5, 0.6) is 0 Å². The van der Waals surface area contributed by atoms with Crippen molar-refractivity contribution in [3.63, 3.8) is 0 Å². The maximum absolute atomic E-state index is 11.9. The van der Waals surface area contributed by atoms with E-state index in [0.29, 0.717) is 6.04 Å². The second kappa shape index (κ2) is 5.07. The lowest BCUT2D eigenvalue weighted by Gasteiger charge is -2.27. The molecule has 2 atom stereocenters. The van der Waals surface area contributed by atoms with Crippen LogP contribution in [-0.2, 0) is 4.79 Å². The first-order chi connectivity index (χ1) is 7.75. The summed E-state index contributed by atoms with van der Waals surface area (Å²) in [5.41, 5.74) is 0.777. The van der Waals surface area contributed by atoms with Crippen molar-refractivity contribution >= 4 is 11.6 Å². The molecule has 86 valence electrons. The summed E-state index contributed by atoms with van der Waals surface area (Å²) in [7, 11) is 0. The number of hydrogen-bond donors (Lipinski definition) is 2. The highest BCUT2D eigenvalue weighted by atomic mass is 16.1. The molecule has 1 amide bonds. The summed E-state index contributed by atoms with van der Waals surface area (Å²) in [6, 6.07) is 4.11. The molecule has 0 spiro atoms. The van der Waals surface area contributed by atoms with Crippen LogP contribution >= 0.6 is 0 Å². The number of hydrogen-bond acceptors (Lipinski definition) is 3. The van der Waals surface area contributed by atoms with E-state index in [1.54, 1.807) is 12.4 Å². The van der Waals surface area contributed by atoms with Crippen LogP contribution < -0.4 is 10.6 Å². The summed E-state index contributed by atoms with van der Waals surface area (Å²) < 4.78 is 0. The number of piperidine rings is 1. The average Bonchev–Trinajstić information content (AvgIpc) is 2.30. The van der Waals surface area contributed by atoms with Crippen LogP contribution in [0.3, 0.4) is 0 Å². The van der Waals surface area contributed by atoms with Gasteiger partial charge in [0.05, 0.1) is 11.9 Å². The van der Waals surface area contributed by atoms with Gasteiger partial charge in [0.15, 0.2) is 0 Å². The summed E-state index contributed by atoms with van der Waals surface area (Å²) in [5, 5.41) is 6.24. The number of anilines is 1. The zero-order chi connectivity index (χ0) is 11.4. The third-order valence-electron chi connectivity index (χ3n) is 2.92. The predicted molar refractivity (Wildman–Crippen MR) is 63.1 cm³/mol. The molecule has 0 aromatic carbocycles. The van der Waals surface area contributed by atoms with Gasteiger partial charge >= 0.3 is 0 Å². The van der Waals surface area contributed by atoms with E-state index in [0.717, 1.165) is 25.1 Å². The zero-order valence-corrected chi connectivity index (χ0v) is 9.44. The molecule has 2 N–H and O–H groups in total. The predicted octanol–water partition coefficient (Wildman–Crippen LogP) is 1.41. The minimum Gasteiger partial charge on any atom is -0.324 e. The highest BCUT2D eigenvalue weighted by Crippen LogP contribution is 2.18. The van der Waals surface area contributed by atoms with Crippen LogP contribution in [0.25, 0.3) is 0 Å². The van der Waals surface area contributed by atoms with Crippen LogP contribution in [0.2, 0.25) is 0 Å². The van der Waals surface area contributed by atoms with Gasteiger partial charge in [-0.05, 0) is 38.4 Å². The summed E-state index contributed by atoms with van der Waals surface area (Å²) in [4.78, 5) is 15.9. The molecular weight excluding hydrogens is 202 g/mol. The summed E-state index contributed by atoms with van der Waals surface area (Å²) in [6.45, 7) is 3.04. The quantitative estimate of drug-likeness (QED) is 0.790. The summed E-state index contributed by atoms with van der Waals surface area (Å²) in [5.74, 6) is 0.234. The van der Waals surface area contributed by atoms with Crippen molar-refractivity contribution in [2.45, 2.75) is 25.8 Å². The van der Waals surface area contributed by atoms with E-state index < -0.39 is 0 Å². The van der Waals surface area contributed by atoms with Gasteiger partial charge in [0.1, 0.15) is 0 Å². The van der Waals surface area contributed by atoms with Crippen molar-refractivity contribution < 1.29 is 4.79 Å². The first-order valence-corrected chi connectivity index (χ1v) is 5.70. The molecule has 1 aliphatic heterocycles. The normalized spacial score (nSPS) is 25.1. The van der Waals surface area contributed by atoms with Crippen molar-refractivity contribution in [1.82, 2.24) is 10.3 Å². The fraction of sp³-hybridized carbons (Fsp3) is 0.500. The number of carbonyl (C=O) groups is 1. The second-order valence-electron chi connectivity index (χ2n) is 4.31. The van der Waals surface area contributed by atoms with Crippen LogP contribution in [0.15, 0.2) is 24.5 Å². The topological polar surface area (TPSA) is 54.0 Å². The molecule has 1 fully saturated rings. The molecule has 16 heavy (non-hydrogen) atoms. The monoisotopic (exact) mass is 219 g/mol. The van der Waals surface area contributed by atoms with Crippen LogP contribution in [0, 0.1) is 5.92 Å². The Morgan fingerprint density at radius 1 is 1.62 bits per heavy atom. The average molecular weight is 219 g/mol. The van der Waals surface area contributed by atoms with Crippen molar-refractivity contribution in [1.29, 1.82) is 0 Å². The first kappa shape index (κ1) is 11.1. The Bertz CT molecular complexity index is 353. The molecule has 1 saturated heterocycles. The SMILES string of the molecule is C[C@H]1C[C@@H](C(=O)Nc2cccnc2)CCN1. The number of pyridine rings is 1. The van der Waals surface area contributed by atoms with Gasteiger partial charge in [-0.25, -0.2) is 0 Å². The smallest absolute Gasteiger partial charge is 0.227 e. The number of amides is 1. The number of carbonyl (C=O) groups excluding carboxylic acids is 1. The Morgan fingerprint density at radius 3 is 3.19 bits per heavy atom. The maximum atomic E-state index is 11.9. The van der Waals surface area contributed by atoms with E-state index in [1.807, 2.05) is 12.1 Å². The Balaban J connectivity index is 1.93. The van der Waals surface area contributed by atoms with Crippen LogP contribution in [0.4, 0.5) is 5.69 Å². The van der Waals surface area contributed by atoms with Gasteiger partial charge in [-0.2, -0.15) is 0 Å². The molecule has 2 rings (SSSR count). The van der Waals surface area contributed by atoms with Crippen molar-refractivity contribution in [3.05, 3.63) is 24.5 Å². The molecule has 4 nitrogen and oxygen atoms in total. The molecule has 2 heterocycles. The van der Waals surface area contributed by atoms with E-state index in [9.17, 15) is 4.79 Å². The van der Waals surface area contributed by atoms with Crippen LogP contribution in [0.1, 0.15) is 19.8 Å². The lowest BCUT2D eigenvalue weighted by molar-refractivity contribution is -0.120. The Labute approximate surface area is 95.5 Å². The first-order valence-electron chi connectivity index (χ1n) is 5.70. The number of rotatable bonds is 2. The van der Waals surface area contributed by atoms with Crippen molar-refractivity contribution in [2.75, 3.05) is 11.9 Å². The Morgan fingerprint density at radius 2 is 2.50 bits per heavy atom.